The van der Waals surface area contributed by atoms with E-state index in [1.165, 1.54) is 12.1 Å². The normalized spacial score (nSPS) is 10.4. The van der Waals surface area contributed by atoms with Gasteiger partial charge in [0.2, 0.25) is 0 Å². The Bertz CT molecular complexity index is 605. The molecule has 2 nitrogen and oxygen atoms in total. The highest BCUT2D eigenvalue weighted by Gasteiger charge is 2.10. The van der Waals surface area contributed by atoms with E-state index in [1.807, 2.05) is 0 Å². The maximum atomic E-state index is 13.6. The Kier molecular flexibility index (Phi) is 4.00. The molecule has 0 saturated carbocycles. The Morgan fingerprint density at radius 2 is 1.72 bits per heavy atom. The van der Waals surface area contributed by atoms with Crippen molar-refractivity contribution in [3.05, 3.63) is 50.7 Å². The van der Waals surface area contributed by atoms with Gasteiger partial charge in [-0.25, -0.2) is 4.39 Å². The topological polar surface area (TPSA) is 38.0 Å². The van der Waals surface area contributed by atoms with Crippen molar-refractivity contribution in [3.63, 3.8) is 0 Å². The Balaban J connectivity index is 2.37. The molecule has 0 aromatic heterocycles. The molecular weight excluding hydrogens is 342 g/mol. The van der Waals surface area contributed by atoms with Gasteiger partial charge in [0, 0.05) is 10.2 Å². The fourth-order valence-corrected chi connectivity index (χ4v) is 2.22. The number of rotatable bonds is 2. The number of nitrogens with two attached hydrogens (primary N) is 1. The van der Waals surface area contributed by atoms with E-state index in [2.05, 4.69) is 21.2 Å². The summed E-state index contributed by atoms with van der Waals surface area (Å²) in [6.45, 7) is 0. The van der Waals surface area contributed by atoms with Crippen LogP contribution in [0.2, 0.25) is 10.0 Å². The van der Waals surface area contributed by atoms with Crippen molar-refractivity contribution < 1.29 is 4.39 Å². The fraction of sp³-hybridized carbons (Fsp3) is 0. The maximum absolute atomic E-state index is 13.6. The summed E-state index contributed by atoms with van der Waals surface area (Å²) in [4.78, 5) is 0. The molecule has 0 saturated heterocycles. The van der Waals surface area contributed by atoms with Gasteiger partial charge >= 0.3 is 0 Å². The van der Waals surface area contributed by atoms with Crippen LogP contribution in [0.25, 0.3) is 0 Å². The van der Waals surface area contributed by atoms with Gasteiger partial charge in [0.1, 0.15) is 5.82 Å². The summed E-state index contributed by atoms with van der Waals surface area (Å²) in [5.74, 6) is -0.454. The summed E-state index contributed by atoms with van der Waals surface area (Å²) in [7, 11) is 0. The molecular formula is C12H8BrCl2FN2. The van der Waals surface area contributed by atoms with Crippen LogP contribution in [0.4, 0.5) is 21.5 Å². The fourth-order valence-electron chi connectivity index (χ4n) is 1.40. The summed E-state index contributed by atoms with van der Waals surface area (Å²) in [5, 5.41) is 3.56. The van der Waals surface area contributed by atoms with Gasteiger partial charge in [0.25, 0.3) is 0 Å². The van der Waals surface area contributed by atoms with Crippen molar-refractivity contribution in [2.24, 2.45) is 0 Å². The molecule has 18 heavy (non-hydrogen) atoms. The number of halogens is 4. The molecule has 0 aliphatic carbocycles. The minimum absolute atomic E-state index is 0.282. The van der Waals surface area contributed by atoms with E-state index in [1.54, 1.807) is 18.2 Å². The molecule has 94 valence electrons. The minimum atomic E-state index is -0.454. The third-order valence-corrected chi connectivity index (χ3v) is 4.07. The summed E-state index contributed by atoms with van der Waals surface area (Å²) >= 11 is 15.3. The first-order valence-electron chi connectivity index (χ1n) is 4.94. The molecule has 0 heterocycles. The number of anilines is 3. The van der Waals surface area contributed by atoms with E-state index in [0.717, 1.165) is 0 Å². The van der Waals surface area contributed by atoms with E-state index in [-0.39, 0.29) is 5.69 Å². The number of nitrogens with one attached hydrogen (secondary N) is 1. The quantitative estimate of drug-likeness (QED) is 0.576. The van der Waals surface area contributed by atoms with Crippen molar-refractivity contribution in [1.82, 2.24) is 0 Å². The standard InChI is InChI=1S/C12H8BrCl2FN2/c13-7-2-4-10(12(15)11(7)14)18-9-3-1-6(17)5-8(9)16/h1-5,18H,17H2. The smallest absolute Gasteiger partial charge is 0.148 e. The average Bonchev–Trinajstić information content (AvgIpc) is 2.33. The first kappa shape index (κ1) is 13.5. The second kappa shape index (κ2) is 5.34. The maximum Gasteiger partial charge on any atom is 0.148 e. The van der Waals surface area contributed by atoms with Crippen LogP contribution in [-0.4, -0.2) is 0 Å². The van der Waals surface area contributed by atoms with Gasteiger partial charge in [-0.05, 0) is 46.3 Å². The predicted molar refractivity (Wildman–Crippen MR) is 78.3 cm³/mol. The highest BCUT2D eigenvalue weighted by Crippen LogP contribution is 2.37. The zero-order valence-corrected chi connectivity index (χ0v) is 12.1. The van der Waals surface area contributed by atoms with Gasteiger partial charge in [0.15, 0.2) is 0 Å². The molecule has 0 bridgehead atoms. The van der Waals surface area contributed by atoms with Crippen LogP contribution in [-0.2, 0) is 0 Å². The SMILES string of the molecule is Nc1ccc(Nc2ccc(Br)c(Cl)c2Cl)c(F)c1. The monoisotopic (exact) mass is 348 g/mol. The van der Waals surface area contributed by atoms with E-state index in [4.69, 9.17) is 28.9 Å². The Labute approximate surface area is 122 Å². The van der Waals surface area contributed by atoms with E-state index < -0.39 is 5.82 Å². The van der Waals surface area contributed by atoms with Gasteiger partial charge in [-0.2, -0.15) is 0 Å². The predicted octanol–water partition coefficient (Wildman–Crippen LogP) is 5.22. The van der Waals surface area contributed by atoms with Crippen LogP contribution in [0.3, 0.4) is 0 Å². The Morgan fingerprint density at radius 1 is 1.06 bits per heavy atom. The Hall–Kier alpha value is -0.970. The second-order valence-corrected chi connectivity index (χ2v) is 5.20. The molecule has 0 fully saturated rings. The molecule has 3 N–H and O–H groups in total. The lowest BCUT2D eigenvalue weighted by Crippen LogP contribution is -1.96. The average molecular weight is 350 g/mol. The molecule has 0 aliphatic heterocycles. The molecule has 2 aromatic carbocycles. The van der Waals surface area contributed by atoms with Gasteiger partial charge in [0.05, 0.1) is 21.4 Å². The van der Waals surface area contributed by atoms with Gasteiger partial charge in [-0.3, -0.25) is 0 Å². The van der Waals surface area contributed by atoms with Crippen molar-refractivity contribution in [1.29, 1.82) is 0 Å². The molecule has 0 radical (unpaired) electrons. The van der Waals surface area contributed by atoms with Crippen LogP contribution in [0.1, 0.15) is 0 Å². The zero-order chi connectivity index (χ0) is 13.3. The lowest BCUT2D eigenvalue weighted by molar-refractivity contribution is 0.632. The molecule has 0 amide bonds. The number of nitrogen functional groups attached to an aromatic ring is 1. The summed E-state index contributed by atoms with van der Waals surface area (Å²) in [6, 6.07) is 7.80. The lowest BCUT2D eigenvalue weighted by atomic mass is 10.2. The van der Waals surface area contributed by atoms with Crippen LogP contribution in [0.15, 0.2) is 34.8 Å². The van der Waals surface area contributed by atoms with Crippen molar-refractivity contribution in [3.8, 4) is 0 Å². The third-order valence-electron chi connectivity index (χ3n) is 2.30. The van der Waals surface area contributed by atoms with Gasteiger partial charge in [-0.1, -0.05) is 23.2 Å². The van der Waals surface area contributed by atoms with Crippen LogP contribution in [0, 0.1) is 5.82 Å². The summed E-state index contributed by atoms with van der Waals surface area (Å²) < 4.78 is 14.3. The molecule has 0 unspecified atom stereocenters. The van der Waals surface area contributed by atoms with Crippen LogP contribution in [0.5, 0.6) is 0 Å². The van der Waals surface area contributed by atoms with E-state index >= 15 is 0 Å². The summed E-state index contributed by atoms with van der Waals surface area (Å²) in [5.41, 5.74) is 6.64. The third kappa shape index (κ3) is 2.71. The minimum Gasteiger partial charge on any atom is -0.399 e. The first-order valence-corrected chi connectivity index (χ1v) is 6.49. The van der Waals surface area contributed by atoms with Crippen molar-refractivity contribution >= 4 is 56.2 Å². The van der Waals surface area contributed by atoms with Crippen LogP contribution < -0.4 is 11.1 Å². The van der Waals surface area contributed by atoms with Crippen molar-refractivity contribution in [2.45, 2.75) is 0 Å². The highest BCUT2D eigenvalue weighted by atomic mass is 79.9. The van der Waals surface area contributed by atoms with E-state index in [9.17, 15) is 4.39 Å². The second-order valence-electron chi connectivity index (χ2n) is 3.59. The molecule has 0 aliphatic rings. The highest BCUT2D eigenvalue weighted by molar-refractivity contribution is 9.10. The number of benzene rings is 2. The summed E-state index contributed by atoms with van der Waals surface area (Å²) in [6.07, 6.45) is 0. The molecule has 2 aromatic rings. The first-order chi connectivity index (χ1) is 8.49. The largest absolute Gasteiger partial charge is 0.399 e. The van der Waals surface area contributed by atoms with Gasteiger partial charge in [-0.15, -0.1) is 0 Å². The van der Waals surface area contributed by atoms with Crippen LogP contribution >= 0.6 is 39.1 Å². The van der Waals surface area contributed by atoms with E-state index in [0.29, 0.717) is 25.9 Å². The molecule has 6 heteroatoms. The molecule has 0 atom stereocenters. The number of hydrogen-bond acceptors (Lipinski definition) is 2. The molecule has 2 rings (SSSR count). The Morgan fingerprint density at radius 3 is 2.39 bits per heavy atom. The lowest BCUT2D eigenvalue weighted by Gasteiger charge is -2.11. The zero-order valence-electron chi connectivity index (χ0n) is 8.98. The van der Waals surface area contributed by atoms with Gasteiger partial charge < -0.3 is 11.1 Å². The molecule has 0 spiro atoms. The number of hydrogen-bond donors (Lipinski definition) is 2. The van der Waals surface area contributed by atoms with Crippen molar-refractivity contribution in [2.75, 3.05) is 11.1 Å².